The van der Waals surface area contributed by atoms with Gasteiger partial charge in [-0.05, 0) is 49.9 Å². The standard InChI is InChI=1S/C10H14O2/c11-9(12)10-3-1-6(2-4-10)7-5-8(7)10/h6-8H,1-5H2,(H,11,12)/t6?,7-,8-,10?/m1/s1. The average molecular weight is 166 g/mol. The Morgan fingerprint density at radius 2 is 2.00 bits per heavy atom. The molecule has 4 saturated carbocycles. The second-order valence-electron chi connectivity index (χ2n) is 4.80. The maximum atomic E-state index is 11.2. The van der Waals surface area contributed by atoms with Gasteiger partial charge in [-0.3, -0.25) is 4.79 Å². The van der Waals surface area contributed by atoms with Gasteiger partial charge in [0, 0.05) is 0 Å². The number of hydrogen-bond donors (Lipinski definition) is 1. The molecule has 2 nitrogen and oxygen atoms in total. The van der Waals surface area contributed by atoms with Crippen LogP contribution in [0, 0.1) is 23.2 Å². The van der Waals surface area contributed by atoms with Crippen molar-refractivity contribution in [2.75, 3.05) is 0 Å². The molecule has 2 atom stereocenters. The Bertz CT molecular complexity index is 238. The van der Waals surface area contributed by atoms with Gasteiger partial charge in [-0.2, -0.15) is 0 Å². The van der Waals surface area contributed by atoms with Crippen LogP contribution in [0.5, 0.6) is 0 Å². The first-order valence-corrected chi connectivity index (χ1v) is 4.97. The largest absolute Gasteiger partial charge is 0.481 e. The first kappa shape index (κ1) is 6.93. The minimum absolute atomic E-state index is 0.264. The smallest absolute Gasteiger partial charge is 0.309 e. The molecule has 0 unspecified atom stereocenters. The number of carbonyl (C=O) groups is 1. The molecule has 4 rings (SSSR count). The van der Waals surface area contributed by atoms with E-state index >= 15 is 0 Å². The summed E-state index contributed by atoms with van der Waals surface area (Å²) >= 11 is 0. The Labute approximate surface area is 72.0 Å². The molecule has 0 aliphatic heterocycles. The van der Waals surface area contributed by atoms with Crippen LogP contribution in [0.1, 0.15) is 32.1 Å². The highest BCUT2D eigenvalue weighted by Gasteiger charge is 2.64. The van der Waals surface area contributed by atoms with Crippen LogP contribution in [0.15, 0.2) is 0 Å². The van der Waals surface area contributed by atoms with E-state index in [1.165, 1.54) is 19.3 Å². The van der Waals surface area contributed by atoms with Crippen molar-refractivity contribution in [3.8, 4) is 0 Å². The van der Waals surface area contributed by atoms with Gasteiger partial charge in [0.15, 0.2) is 0 Å². The molecule has 0 radical (unpaired) electrons. The van der Waals surface area contributed by atoms with E-state index in [2.05, 4.69) is 0 Å². The fraction of sp³-hybridized carbons (Fsp3) is 0.900. The van der Waals surface area contributed by atoms with Crippen LogP contribution in [0.2, 0.25) is 0 Å². The van der Waals surface area contributed by atoms with Crippen molar-refractivity contribution in [1.29, 1.82) is 0 Å². The maximum Gasteiger partial charge on any atom is 0.309 e. The van der Waals surface area contributed by atoms with E-state index in [4.69, 9.17) is 0 Å². The van der Waals surface area contributed by atoms with Crippen molar-refractivity contribution < 1.29 is 9.90 Å². The third-order valence-corrected chi connectivity index (χ3v) is 4.50. The Morgan fingerprint density at radius 3 is 2.50 bits per heavy atom. The molecule has 0 heterocycles. The van der Waals surface area contributed by atoms with Crippen LogP contribution < -0.4 is 0 Å². The summed E-state index contributed by atoms with van der Waals surface area (Å²) in [5, 5.41) is 9.21. The monoisotopic (exact) mass is 166 g/mol. The maximum absolute atomic E-state index is 11.2. The molecule has 2 bridgehead atoms. The van der Waals surface area contributed by atoms with Gasteiger partial charge in [-0.1, -0.05) is 0 Å². The lowest BCUT2D eigenvalue weighted by molar-refractivity contribution is -0.156. The molecule has 0 aromatic carbocycles. The van der Waals surface area contributed by atoms with Gasteiger partial charge in [-0.15, -0.1) is 0 Å². The predicted octanol–water partition coefficient (Wildman–Crippen LogP) is 1.90. The number of carboxylic acid groups (broad SMARTS) is 1. The van der Waals surface area contributed by atoms with Crippen molar-refractivity contribution in [2.45, 2.75) is 32.1 Å². The Morgan fingerprint density at radius 1 is 1.33 bits per heavy atom. The molecule has 0 saturated heterocycles. The molecule has 2 heteroatoms. The summed E-state index contributed by atoms with van der Waals surface area (Å²) in [6.45, 7) is 0. The summed E-state index contributed by atoms with van der Waals surface area (Å²) in [6, 6.07) is 0. The zero-order valence-corrected chi connectivity index (χ0v) is 7.12. The summed E-state index contributed by atoms with van der Waals surface area (Å²) in [4.78, 5) is 11.2. The van der Waals surface area contributed by atoms with Crippen molar-refractivity contribution in [3.63, 3.8) is 0 Å². The van der Waals surface area contributed by atoms with Gasteiger partial charge >= 0.3 is 5.97 Å². The number of fused-ring (bicyclic) bond motifs is 2. The Hall–Kier alpha value is -0.530. The van der Waals surface area contributed by atoms with Gasteiger partial charge < -0.3 is 5.11 Å². The molecule has 4 fully saturated rings. The molecule has 0 amide bonds. The molecule has 0 aromatic heterocycles. The molecule has 0 aromatic rings. The summed E-state index contributed by atoms with van der Waals surface area (Å²) in [5.41, 5.74) is -0.264. The Kier molecular flexibility index (Phi) is 1.07. The van der Waals surface area contributed by atoms with Crippen molar-refractivity contribution in [3.05, 3.63) is 0 Å². The van der Waals surface area contributed by atoms with Crippen LogP contribution in [-0.4, -0.2) is 11.1 Å². The van der Waals surface area contributed by atoms with Crippen molar-refractivity contribution >= 4 is 5.97 Å². The van der Waals surface area contributed by atoms with E-state index in [0.717, 1.165) is 24.7 Å². The van der Waals surface area contributed by atoms with E-state index in [1.807, 2.05) is 0 Å². The van der Waals surface area contributed by atoms with Crippen LogP contribution in [-0.2, 0) is 4.79 Å². The van der Waals surface area contributed by atoms with Gasteiger partial charge in [0.25, 0.3) is 0 Å². The second kappa shape index (κ2) is 1.86. The topological polar surface area (TPSA) is 37.3 Å². The fourth-order valence-corrected chi connectivity index (χ4v) is 3.70. The second-order valence-corrected chi connectivity index (χ2v) is 4.80. The van der Waals surface area contributed by atoms with Gasteiger partial charge in [0.05, 0.1) is 5.41 Å². The van der Waals surface area contributed by atoms with Gasteiger partial charge in [0.2, 0.25) is 0 Å². The molecule has 1 N–H and O–H groups in total. The summed E-state index contributed by atoms with van der Waals surface area (Å²) in [7, 11) is 0. The highest BCUT2D eigenvalue weighted by atomic mass is 16.4. The molecular weight excluding hydrogens is 152 g/mol. The van der Waals surface area contributed by atoms with Crippen LogP contribution in [0.4, 0.5) is 0 Å². The fourth-order valence-electron chi connectivity index (χ4n) is 3.70. The first-order chi connectivity index (χ1) is 5.74. The van der Waals surface area contributed by atoms with E-state index in [-0.39, 0.29) is 5.41 Å². The van der Waals surface area contributed by atoms with Crippen LogP contribution in [0.3, 0.4) is 0 Å². The zero-order chi connectivity index (χ0) is 8.34. The lowest BCUT2D eigenvalue weighted by atomic mass is 9.61. The molecule has 0 spiro atoms. The van der Waals surface area contributed by atoms with Crippen molar-refractivity contribution in [2.24, 2.45) is 23.2 Å². The predicted molar refractivity (Wildman–Crippen MR) is 43.6 cm³/mol. The average Bonchev–Trinajstić information content (AvgIpc) is 2.85. The van der Waals surface area contributed by atoms with Gasteiger partial charge in [0.1, 0.15) is 0 Å². The molecule has 4 aliphatic carbocycles. The molecule has 66 valence electrons. The van der Waals surface area contributed by atoms with E-state index in [0.29, 0.717) is 5.92 Å². The minimum Gasteiger partial charge on any atom is -0.481 e. The van der Waals surface area contributed by atoms with E-state index in [1.54, 1.807) is 0 Å². The van der Waals surface area contributed by atoms with Crippen LogP contribution in [0.25, 0.3) is 0 Å². The molecular formula is C10H14O2. The van der Waals surface area contributed by atoms with E-state index in [9.17, 15) is 9.90 Å². The Balaban J connectivity index is 1.99. The summed E-state index contributed by atoms with van der Waals surface area (Å²) in [5.74, 6) is 1.77. The summed E-state index contributed by atoms with van der Waals surface area (Å²) in [6.07, 6.45) is 5.53. The number of rotatable bonds is 1. The third kappa shape index (κ3) is 0.606. The molecule has 4 aliphatic rings. The minimum atomic E-state index is -0.506. The third-order valence-electron chi connectivity index (χ3n) is 4.50. The lowest BCUT2D eigenvalue weighted by Gasteiger charge is -2.42. The highest BCUT2D eigenvalue weighted by Crippen LogP contribution is 2.68. The normalized spacial score (nSPS) is 54.8. The number of carboxylic acids is 1. The highest BCUT2D eigenvalue weighted by molar-refractivity contribution is 5.76. The number of hydrogen-bond acceptors (Lipinski definition) is 1. The first-order valence-electron chi connectivity index (χ1n) is 4.97. The lowest BCUT2D eigenvalue weighted by Crippen LogP contribution is -2.42. The molecule has 12 heavy (non-hydrogen) atoms. The van der Waals surface area contributed by atoms with E-state index < -0.39 is 5.97 Å². The number of aliphatic carboxylic acids is 1. The quantitative estimate of drug-likeness (QED) is 0.646. The summed E-state index contributed by atoms with van der Waals surface area (Å²) < 4.78 is 0. The van der Waals surface area contributed by atoms with Crippen LogP contribution >= 0.6 is 0 Å². The SMILES string of the molecule is O=C(O)C12CCC(CC1)[C@H]1C[C@H]12. The van der Waals surface area contributed by atoms with Gasteiger partial charge in [-0.25, -0.2) is 0 Å². The van der Waals surface area contributed by atoms with Crippen molar-refractivity contribution in [1.82, 2.24) is 0 Å². The zero-order valence-electron chi connectivity index (χ0n) is 7.12.